The summed E-state index contributed by atoms with van der Waals surface area (Å²) < 4.78 is 40.8. The Morgan fingerprint density at radius 3 is 2.53 bits per heavy atom. The lowest BCUT2D eigenvalue weighted by molar-refractivity contribution is -0.137. The van der Waals surface area contributed by atoms with Gasteiger partial charge in [0.05, 0.1) is 33.7 Å². The van der Waals surface area contributed by atoms with Crippen LogP contribution in [-0.4, -0.2) is 21.5 Å². The Hall–Kier alpha value is -3.82. The second-order valence-electron chi connectivity index (χ2n) is 7.76. The number of ketones is 1. The molecule has 0 unspecified atom stereocenters. The first kappa shape index (κ1) is 25.3. The number of carbonyl (C=O) groups excluding carboxylic acids is 2. The van der Waals surface area contributed by atoms with Crippen molar-refractivity contribution in [2.45, 2.75) is 12.1 Å². The number of nitrogens with zero attached hydrogens (tertiary/aromatic N) is 2. The molecule has 3 aromatic carbocycles. The number of carbonyl (C=O) groups is 2. The molecule has 6 nitrogen and oxygen atoms in total. The van der Waals surface area contributed by atoms with Crippen molar-refractivity contribution in [2.75, 3.05) is 11.1 Å². The molecule has 0 aliphatic heterocycles. The first-order valence-corrected chi connectivity index (χ1v) is 11.3. The Morgan fingerprint density at radius 1 is 1.03 bits per heavy atom. The van der Waals surface area contributed by atoms with Gasteiger partial charge in [-0.3, -0.25) is 9.59 Å². The van der Waals surface area contributed by atoms with E-state index in [1.165, 1.54) is 36.7 Å². The third-order valence-corrected chi connectivity index (χ3v) is 5.88. The van der Waals surface area contributed by atoms with Crippen molar-refractivity contribution < 1.29 is 22.8 Å². The third kappa shape index (κ3) is 5.37. The van der Waals surface area contributed by atoms with E-state index in [1.807, 2.05) is 0 Å². The van der Waals surface area contributed by atoms with Crippen LogP contribution >= 0.6 is 23.2 Å². The van der Waals surface area contributed by atoms with Gasteiger partial charge in [-0.1, -0.05) is 23.7 Å². The molecule has 0 fully saturated rings. The number of aromatic nitrogens is 2. The second kappa shape index (κ2) is 10.0. The van der Waals surface area contributed by atoms with E-state index in [-0.39, 0.29) is 34.1 Å². The molecule has 0 aliphatic carbocycles. The summed E-state index contributed by atoms with van der Waals surface area (Å²) >= 11 is 11.5. The van der Waals surface area contributed by atoms with E-state index in [2.05, 4.69) is 10.4 Å². The number of nitrogens with one attached hydrogen (secondary N) is 1. The molecule has 1 aromatic heterocycles. The predicted octanol–water partition coefficient (Wildman–Crippen LogP) is 6.35. The van der Waals surface area contributed by atoms with Crippen LogP contribution in [0.3, 0.4) is 0 Å². The molecule has 0 saturated carbocycles. The molecule has 3 N–H and O–H groups in total. The van der Waals surface area contributed by atoms with E-state index in [4.69, 9.17) is 28.9 Å². The number of hydrogen-bond donors (Lipinski definition) is 2. The minimum Gasteiger partial charge on any atom is -0.399 e. The number of halogens is 5. The van der Waals surface area contributed by atoms with Gasteiger partial charge in [0.15, 0.2) is 5.78 Å². The average molecular weight is 533 g/mol. The summed E-state index contributed by atoms with van der Waals surface area (Å²) in [5.74, 6) is -0.768. The zero-order chi connectivity index (χ0) is 26.0. The largest absolute Gasteiger partial charge is 0.417 e. The first-order valence-electron chi connectivity index (χ1n) is 10.4. The Morgan fingerprint density at radius 2 is 1.81 bits per heavy atom. The van der Waals surface area contributed by atoms with E-state index in [1.54, 1.807) is 24.3 Å². The molecule has 4 rings (SSSR count). The standard InChI is InChI=1S/C25H17Cl2F3N4O2/c26-11-14-2-1-3-15(8-14)24(36)33-22-7-4-17(31)9-19(22)23(35)16-12-32-34(13-16)18-5-6-21(27)20(10-18)25(28,29)30/h1-10,12-13H,11,31H2,(H,33,36). The van der Waals surface area contributed by atoms with Crippen LogP contribution in [0.4, 0.5) is 24.5 Å². The van der Waals surface area contributed by atoms with Crippen LogP contribution in [0.5, 0.6) is 0 Å². The number of nitrogens with two attached hydrogens (primary N) is 1. The van der Waals surface area contributed by atoms with Crippen LogP contribution in [-0.2, 0) is 12.1 Å². The molecule has 1 heterocycles. The lowest BCUT2D eigenvalue weighted by atomic mass is 10.0. The SMILES string of the molecule is Nc1ccc(NC(=O)c2cccc(CCl)c2)c(C(=O)c2cnn(-c3ccc(Cl)c(C(F)(F)F)c3)c2)c1. The van der Waals surface area contributed by atoms with Gasteiger partial charge in [-0.05, 0) is 54.1 Å². The van der Waals surface area contributed by atoms with E-state index < -0.39 is 28.5 Å². The van der Waals surface area contributed by atoms with Crippen molar-refractivity contribution in [3.63, 3.8) is 0 Å². The number of rotatable bonds is 6. The maximum atomic E-state index is 13.3. The highest BCUT2D eigenvalue weighted by Gasteiger charge is 2.33. The van der Waals surface area contributed by atoms with E-state index in [0.29, 0.717) is 5.56 Å². The topological polar surface area (TPSA) is 90.0 Å². The van der Waals surface area contributed by atoms with Crippen LogP contribution in [0.2, 0.25) is 5.02 Å². The minimum absolute atomic E-state index is 0.0612. The average Bonchev–Trinajstić information content (AvgIpc) is 3.34. The summed E-state index contributed by atoms with van der Waals surface area (Å²) in [7, 11) is 0. The highest BCUT2D eigenvalue weighted by Crippen LogP contribution is 2.35. The molecule has 0 radical (unpaired) electrons. The van der Waals surface area contributed by atoms with Crippen LogP contribution in [0.1, 0.15) is 37.4 Å². The van der Waals surface area contributed by atoms with Gasteiger partial charge >= 0.3 is 6.18 Å². The number of anilines is 2. The van der Waals surface area contributed by atoms with E-state index in [0.717, 1.165) is 22.4 Å². The summed E-state index contributed by atoms with van der Waals surface area (Å²) in [6, 6.07) is 14.4. The van der Waals surface area contributed by atoms with Crippen LogP contribution in [0.25, 0.3) is 5.69 Å². The fourth-order valence-corrected chi connectivity index (χ4v) is 3.85. The normalized spacial score (nSPS) is 11.4. The Kier molecular flexibility index (Phi) is 7.05. The molecule has 0 saturated heterocycles. The van der Waals surface area contributed by atoms with Gasteiger partial charge in [0.25, 0.3) is 5.91 Å². The lowest BCUT2D eigenvalue weighted by Gasteiger charge is -2.12. The highest BCUT2D eigenvalue weighted by molar-refractivity contribution is 6.31. The van der Waals surface area contributed by atoms with Gasteiger partial charge in [-0.25, -0.2) is 4.68 Å². The maximum Gasteiger partial charge on any atom is 0.417 e. The minimum atomic E-state index is -4.66. The summed E-state index contributed by atoms with van der Waals surface area (Å²) in [6.45, 7) is 0. The van der Waals surface area contributed by atoms with Gasteiger partial charge in [0, 0.05) is 28.9 Å². The molecular formula is C25H17Cl2F3N4O2. The fourth-order valence-electron chi connectivity index (χ4n) is 3.46. The summed E-state index contributed by atoms with van der Waals surface area (Å²) in [4.78, 5) is 26.1. The highest BCUT2D eigenvalue weighted by atomic mass is 35.5. The molecule has 4 aromatic rings. The van der Waals surface area contributed by atoms with E-state index in [9.17, 15) is 22.8 Å². The lowest BCUT2D eigenvalue weighted by Crippen LogP contribution is -2.15. The number of nitrogen functional groups attached to an aromatic ring is 1. The Bertz CT molecular complexity index is 1470. The predicted molar refractivity (Wildman–Crippen MR) is 132 cm³/mol. The molecule has 184 valence electrons. The van der Waals surface area contributed by atoms with Crippen LogP contribution in [0, 0.1) is 0 Å². The van der Waals surface area contributed by atoms with Gasteiger partial charge < -0.3 is 11.1 Å². The zero-order valence-electron chi connectivity index (χ0n) is 18.3. The molecule has 0 atom stereocenters. The van der Waals surface area contributed by atoms with Crippen molar-refractivity contribution in [1.82, 2.24) is 9.78 Å². The van der Waals surface area contributed by atoms with Gasteiger partial charge in [0.1, 0.15) is 0 Å². The monoisotopic (exact) mass is 532 g/mol. The van der Waals surface area contributed by atoms with E-state index >= 15 is 0 Å². The summed E-state index contributed by atoms with van der Waals surface area (Å²) in [5.41, 5.74) is 6.65. The zero-order valence-corrected chi connectivity index (χ0v) is 19.8. The summed E-state index contributed by atoms with van der Waals surface area (Å²) in [6.07, 6.45) is -2.16. The number of amides is 1. The molecule has 1 amide bonds. The maximum absolute atomic E-state index is 13.3. The van der Waals surface area contributed by atoms with Crippen molar-refractivity contribution >= 4 is 46.3 Å². The van der Waals surface area contributed by atoms with Crippen molar-refractivity contribution in [3.8, 4) is 5.69 Å². The van der Waals surface area contributed by atoms with Gasteiger partial charge in [0.2, 0.25) is 0 Å². The van der Waals surface area contributed by atoms with Crippen molar-refractivity contribution in [3.05, 3.63) is 106 Å². The number of alkyl halides is 4. The Balaban J connectivity index is 1.64. The Labute approximate surface area is 213 Å². The molecule has 11 heteroatoms. The van der Waals surface area contributed by atoms with Gasteiger partial charge in [-0.2, -0.15) is 18.3 Å². The number of hydrogen-bond acceptors (Lipinski definition) is 4. The van der Waals surface area contributed by atoms with Gasteiger partial charge in [-0.15, -0.1) is 11.6 Å². The fraction of sp³-hybridized carbons (Fsp3) is 0.0800. The van der Waals surface area contributed by atoms with Crippen molar-refractivity contribution in [2.24, 2.45) is 0 Å². The molecule has 0 spiro atoms. The van der Waals surface area contributed by atoms with Crippen molar-refractivity contribution in [1.29, 1.82) is 0 Å². The number of benzene rings is 3. The second-order valence-corrected chi connectivity index (χ2v) is 8.43. The van der Waals surface area contributed by atoms with Crippen LogP contribution in [0.15, 0.2) is 73.1 Å². The first-order chi connectivity index (χ1) is 17.1. The third-order valence-electron chi connectivity index (χ3n) is 5.24. The quantitative estimate of drug-likeness (QED) is 0.172. The molecule has 0 aliphatic rings. The molecule has 36 heavy (non-hydrogen) atoms. The van der Waals surface area contributed by atoms with Crippen LogP contribution < -0.4 is 11.1 Å². The molecular weight excluding hydrogens is 516 g/mol. The smallest absolute Gasteiger partial charge is 0.399 e. The molecule has 0 bridgehead atoms. The summed E-state index contributed by atoms with van der Waals surface area (Å²) in [5, 5.41) is 6.27.